The zero-order valence-corrected chi connectivity index (χ0v) is 14.6. The van der Waals surface area contributed by atoms with Crippen LogP contribution in [0.25, 0.3) is 0 Å². The first-order valence-corrected chi connectivity index (χ1v) is 8.86. The van der Waals surface area contributed by atoms with Crippen molar-refractivity contribution in [3.05, 3.63) is 18.0 Å². The first-order chi connectivity index (χ1) is 11.1. The Morgan fingerprint density at radius 3 is 2.83 bits per heavy atom. The molecule has 1 aliphatic carbocycles. The number of guanidine groups is 1. The number of hydrogen-bond acceptors (Lipinski definition) is 3. The molecule has 3 N–H and O–H groups in total. The molecule has 0 amide bonds. The van der Waals surface area contributed by atoms with Gasteiger partial charge in [-0.25, -0.2) is 0 Å². The molecule has 1 aliphatic heterocycles. The van der Waals surface area contributed by atoms with Gasteiger partial charge in [0, 0.05) is 31.9 Å². The van der Waals surface area contributed by atoms with Crippen LogP contribution >= 0.6 is 0 Å². The van der Waals surface area contributed by atoms with Gasteiger partial charge in [-0.3, -0.25) is 14.6 Å². The van der Waals surface area contributed by atoms with Crippen molar-refractivity contribution < 1.29 is 0 Å². The number of piperidine rings is 1. The fourth-order valence-electron chi connectivity index (χ4n) is 3.75. The molecule has 128 valence electrons. The standard InChI is InChI=1S/C17H30N6/c1-12(2)21-17(18)19-11-13-5-4-10-23(14-6-7-14)16(13)15-8-9-20-22(15)3/h8-9,12-14,16H,4-7,10-11H2,1-3H3,(H3,18,19,21)/t13-,16+/m0/s1. The van der Waals surface area contributed by atoms with E-state index in [1.54, 1.807) is 0 Å². The van der Waals surface area contributed by atoms with Crippen LogP contribution in [0, 0.1) is 5.92 Å². The van der Waals surface area contributed by atoms with Gasteiger partial charge in [-0.15, -0.1) is 0 Å². The average molecular weight is 318 g/mol. The summed E-state index contributed by atoms with van der Waals surface area (Å²) in [5.74, 6) is 1.07. The number of nitrogens with two attached hydrogens (primary N) is 1. The van der Waals surface area contributed by atoms with E-state index in [0.717, 1.165) is 12.6 Å². The fourth-order valence-corrected chi connectivity index (χ4v) is 3.75. The van der Waals surface area contributed by atoms with Crippen LogP contribution in [0.4, 0.5) is 0 Å². The second-order valence-corrected chi connectivity index (χ2v) is 7.22. The third-order valence-electron chi connectivity index (χ3n) is 4.91. The van der Waals surface area contributed by atoms with Gasteiger partial charge in [0.15, 0.2) is 5.96 Å². The lowest BCUT2D eigenvalue weighted by molar-refractivity contribution is 0.0824. The summed E-state index contributed by atoms with van der Waals surface area (Å²) >= 11 is 0. The summed E-state index contributed by atoms with van der Waals surface area (Å²) in [6.45, 7) is 6.14. The Labute approximate surface area is 139 Å². The molecule has 23 heavy (non-hydrogen) atoms. The largest absolute Gasteiger partial charge is 0.370 e. The molecular weight excluding hydrogens is 288 g/mol. The lowest BCUT2D eigenvalue weighted by Gasteiger charge is -2.41. The van der Waals surface area contributed by atoms with Crippen molar-refractivity contribution in [3.63, 3.8) is 0 Å². The maximum absolute atomic E-state index is 6.00. The molecule has 0 spiro atoms. The minimum atomic E-state index is 0.320. The van der Waals surface area contributed by atoms with Gasteiger partial charge in [0.05, 0.1) is 11.7 Å². The van der Waals surface area contributed by atoms with Crippen LogP contribution in [-0.4, -0.2) is 45.8 Å². The van der Waals surface area contributed by atoms with E-state index in [1.165, 1.54) is 37.9 Å². The van der Waals surface area contributed by atoms with E-state index in [-0.39, 0.29) is 0 Å². The molecule has 6 heteroatoms. The lowest BCUT2D eigenvalue weighted by atomic mass is 9.86. The molecule has 0 unspecified atom stereocenters. The molecule has 1 saturated carbocycles. The van der Waals surface area contributed by atoms with Crippen LogP contribution in [-0.2, 0) is 7.05 Å². The zero-order chi connectivity index (χ0) is 16.4. The Morgan fingerprint density at radius 2 is 2.22 bits per heavy atom. The molecular formula is C17H30N6. The normalized spacial score (nSPS) is 26.7. The molecule has 0 aromatic carbocycles. The highest BCUT2D eigenvalue weighted by molar-refractivity contribution is 5.78. The predicted molar refractivity (Wildman–Crippen MR) is 93.2 cm³/mol. The molecule has 2 fully saturated rings. The van der Waals surface area contributed by atoms with E-state index >= 15 is 0 Å². The number of likely N-dealkylation sites (tertiary alicyclic amines) is 1. The number of aromatic nitrogens is 2. The smallest absolute Gasteiger partial charge is 0.188 e. The van der Waals surface area contributed by atoms with Crippen molar-refractivity contribution in [2.75, 3.05) is 13.1 Å². The van der Waals surface area contributed by atoms with Crippen LogP contribution in [0.2, 0.25) is 0 Å². The summed E-state index contributed by atoms with van der Waals surface area (Å²) < 4.78 is 2.03. The number of nitrogens with zero attached hydrogens (tertiary/aromatic N) is 4. The average Bonchev–Trinajstić information content (AvgIpc) is 3.26. The SMILES string of the molecule is CC(C)NC(N)=NC[C@@H]1CCCN(C2CC2)[C@H]1c1ccnn1C. The highest BCUT2D eigenvalue weighted by Gasteiger charge is 2.41. The molecule has 2 heterocycles. The first kappa shape index (κ1) is 16.3. The Hall–Kier alpha value is -1.56. The van der Waals surface area contributed by atoms with Crippen molar-refractivity contribution in [3.8, 4) is 0 Å². The van der Waals surface area contributed by atoms with Gasteiger partial charge in [0.1, 0.15) is 0 Å². The van der Waals surface area contributed by atoms with Gasteiger partial charge in [-0.1, -0.05) is 0 Å². The van der Waals surface area contributed by atoms with Gasteiger partial charge < -0.3 is 11.1 Å². The summed E-state index contributed by atoms with van der Waals surface area (Å²) in [6.07, 6.45) is 7.03. The molecule has 2 atom stereocenters. The van der Waals surface area contributed by atoms with Gasteiger partial charge in [0.25, 0.3) is 0 Å². The Balaban J connectivity index is 1.77. The number of aryl methyl sites for hydroxylation is 1. The second kappa shape index (κ2) is 6.91. The van der Waals surface area contributed by atoms with Crippen molar-refractivity contribution >= 4 is 5.96 Å². The van der Waals surface area contributed by atoms with E-state index in [9.17, 15) is 0 Å². The van der Waals surface area contributed by atoms with E-state index in [1.807, 2.05) is 17.9 Å². The second-order valence-electron chi connectivity index (χ2n) is 7.22. The number of hydrogen-bond donors (Lipinski definition) is 2. The molecule has 3 rings (SSSR count). The van der Waals surface area contributed by atoms with Crippen LogP contribution in [0.3, 0.4) is 0 Å². The molecule has 0 bridgehead atoms. The van der Waals surface area contributed by atoms with Gasteiger partial charge in [0.2, 0.25) is 0 Å². The maximum atomic E-state index is 6.00. The molecule has 2 aliphatic rings. The van der Waals surface area contributed by atoms with Crippen LogP contribution in [0.15, 0.2) is 17.3 Å². The monoisotopic (exact) mass is 318 g/mol. The van der Waals surface area contributed by atoms with Crippen molar-refractivity contribution in [1.29, 1.82) is 0 Å². The lowest BCUT2D eigenvalue weighted by Crippen LogP contribution is -2.43. The van der Waals surface area contributed by atoms with E-state index < -0.39 is 0 Å². The van der Waals surface area contributed by atoms with E-state index in [2.05, 4.69) is 40.2 Å². The molecule has 1 aromatic heterocycles. The summed E-state index contributed by atoms with van der Waals surface area (Å²) in [5.41, 5.74) is 7.31. The zero-order valence-electron chi connectivity index (χ0n) is 14.6. The number of nitrogens with one attached hydrogen (secondary N) is 1. The maximum Gasteiger partial charge on any atom is 0.188 e. The summed E-state index contributed by atoms with van der Waals surface area (Å²) in [5, 5.41) is 7.58. The number of rotatable bonds is 5. The summed E-state index contributed by atoms with van der Waals surface area (Å²) in [4.78, 5) is 7.31. The Kier molecular flexibility index (Phi) is 4.90. The van der Waals surface area contributed by atoms with Crippen LogP contribution in [0.5, 0.6) is 0 Å². The molecule has 0 radical (unpaired) electrons. The fraction of sp³-hybridized carbons (Fsp3) is 0.765. The highest BCUT2D eigenvalue weighted by atomic mass is 15.3. The Bertz CT molecular complexity index is 545. The third-order valence-corrected chi connectivity index (χ3v) is 4.91. The minimum absolute atomic E-state index is 0.320. The molecule has 1 saturated heterocycles. The quantitative estimate of drug-likeness (QED) is 0.640. The van der Waals surface area contributed by atoms with Crippen molar-refractivity contribution in [2.45, 2.75) is 57.7 Å². The van der Waals surface area contributed by atoms with Crippen LogP contribution in [0.1, 0.15) is 51.3 Å². The van der Waals surface area contributed by atoms with Gasteiger partial charge in [-0.2, -0.15) is 5.10 Å². The van der Waals surface area contributed by atoms with Crippen molar-refractivity contribution in [1.82, 2.24) is 20.0 Å². The Morgan fingerprint density at radius 1 is 1.43 bits per heavy atom. The number of aliphatic imine (C=N–C) groups is 1. The van der Waals surface area contributed by atoms with E-state index in [0.29, 0.717) is 24.0 Å². The molecule has 6 nitrogen and oxygen atoms in total. The van der Waals surface area contributed by atoms with E-state index in [4.69, 9.17) is 5.73 Å². The minimum Gasteiger partial charge on any atom is -0.370 e. The highest BCUT2D eigenvalue weighted by Crippen LogP contribution is 2.42. The van der Waals surface area contributed by atoms with Gasteiger partial charge >= 0.3 is 0 Å². The third kappa shape index (κ3) is 3.86. The topological polar surface area (TPSA) is 71.5 Å². The van der Waals surface area contributed by atoms with Crippen LogP contribution < -0.4 is 11.1 Å². The predicted octanol–water partition coefficient (Wildman–Crippen LogP) is 1.65. The summed E-state index contributed by atoms with van der Waals surface area (Å²) in [6, 6.07) is 3.66. The first-order valence-electron chi connectivity index (χ1n) is 8.86. The molecule has 1 aromatic rings. The van der Waals surface area contributed by atoms with Gasteiger partial charge in [-0.05, 0) is 58.1 Å². The summed E-state index contributed by atoms with van der Waals surface area (Å²) in [7, 11) is 2.05. The van der Waals surface area contributed by atoms with Crippen molar-refractivity contribution in [2.24, 2.45) is 23.7 Å².